The first kappa shape index (κ1) is 12.8. The van der Waals surface area contributed by atoms with Crippen LogP contribution in [-0.4, -0.2) is 6.54 Å². The van der Waals surface area contributed by atoms with Crippen LogP contribution in [0, 0.1) is 11.2 Å². The van der Waals surface area contributed by atoms with Crippen LogP contribution in [-0.2, 0) is 6.54 Å². The molecule has 0 unspecified atom stereocenters. The maximum Gasteiger partial charge on any atom is 0.129 e. The van der Waals surface area contributed by atoms with Gasteiger partial charge in [-0.05, 0) is 36.8 Å². The van der Waals surface area contributed by atoms with Crippen molar-refractivity contribution in [2.45, 2.75) is 39.2 Å². The summed E-state index contributed by atoms with van der Waals surface area (Å²) in [5.74, 6) is -0.218. The molecule has 94 valence electrons. The van der Waals surface area contributed by atoms with Gasteiger partial charge in [-0.2, -0.15) is 0 Å². The van der Waals surface area contributed by atoms with Gasteiger partial charge in [-0.1, -0.05) is 31.0 Å². The fourth-order valence-electron chi connectivity index (χ4n) is 2.46. The molecule has 0 bridgehead atoms. The summed E-state index contributed by atoms with van der Waals surface area (Å²) in [6.45, 7) is 3.82. The highest BCUT2D eigenvalue weighted by Gasteiger charge is 2.34. The highest BCUT2D eigenvalue weighted by molar-refractivity contribution is 6.30. The zero-order valence-electron chi connectivity index (χ0n) is 10.2. The molecule has 0 radical (unpaired) electrons. The first-order valence-electron chi connectivity index (χ1n) is 6.30. The average Bonchev–Trinajstić information content (AvgIpc) is 2.25. The van der Waals surface area contributed by atoms with Crippen molar-refractivity contribution in [1.82, 2.24) is 5.32 Å². The van der Waals surface area contributed by atoms with Gasteiger partial charge in [0.05, 0.1) is 0 Å². The lowest BCUT2D eigenvalue weighted by Gasteiger charge is -2.41. The Morgan fingerprint density at radius 3 is 2.71 bits per heavy atom. The second kappa shape index (κ2) is 5.36. The van der Waals surface area contributed by atoms with Crippen LogP contribution in [0.3, 0.4) is 0 Å². The number of halogens is 2. The van der Waals surface area contributed by atoms with Crippen LogP contribution in [0.4, 0.5) is 4.39 Å². The lowest BCUT2D eigenvalue weighted by molar-refractivity contribution is 0.123. The third-order valence-corrected chi connectivity index (χ3v) is 4.23. The van der Waals surface area contributed by atoms with E-state index in [0.717, 1.165) is 6.54 Å². The Morgan fingerprint density at radius 2 is 2.18 bits per heavy atom. The van der Waals surface area contributed by atoms with Gasteiger partial charge < -0.3 is 5.32 Å². The van der Waals surface area contributed by atoms with E-state index in [1.165, 1.54) is 31.7 Å². The number of hydrogen-bond donors (Lipinski definition) is 1. The molecule has 0 aliphatic heterocycles. The van der Waals surface area contributed by atoms with Crippen molar-refractivity contribution in [2.24, 2.45) is 5.41 Å². The van der Waals surface area contributed by atoms with Crippen molar-refractivity contribution in [1.29, 1.82) is 0 Å². The van der Waals surface area contributed by atoms with E-state index in [1.54, 1.807) is 12.1 Å². The van der Waals surface area contributed by atoms with Gasteiger partial charge in [-0.15, -0.1) is 0 Å². The van der Waals surface area contributed by atoms with Gasteiger partial charge in [0.1, 0.15) is 5.82 Å². The summed E-state index contributed by atoms with van der Waals surface area (Å²) in [6.07, 6.45) is 5.16. The Bertz CT molecular complexity index is 382. The maximum atomic E-state index is 13.5. The molecular formula is C14H19ClFN. The van der Waals surface area contributed by atoms with Gasteiger partial charge in [0.2, 0.25) is 0 Å². The fourth-order valence-corrected chi connectivity index (χ4v) is 2.62. The Hall–Kier alpha value is -0.600. The van der Waals surface area contributed by atoms with Crippen LogP contribution >= 0.6 is 11.6 Å². The first-order chi connectivity index (χ1) is 8.15. The molecule has 1 aromatic rings. The summed E-state index contributed by atoms with van der Waals surface area (Å²) in [6, 6.07) is 4.86. The maximum absolute atomic E-state index is 13.5. The molecular weight excluding hydrogens is 237 g/mol. The largest absolute Gasteiger partial charge is 0.312 e. The standard InChI is InChI=1S/C14H19ClFN/c1-2-14(6-3-7-14)10-17-9-11-4-5-12(15)8-13(11)16/h4-5,8,17H,2-3,6-7,9-10H2,1H3. The third-order valence-electron chi connectivity index (χ3n) is 3.99. The van der Waals surface area contributed by atoms with Crippen molar-refractivity contribution in [3.05, 3.63) is 34.6 Å². The molecule has 1 nitrogen and oxygen atoms in total. The lowest BCUT2D eigenvalue weighted by Crippen LogP contribution is -2.39. The van der Waals surface area contributed by atoms with Crippen molar-refractivity contribution >= 4 is 11.6 Å². The molecule has 1 aliphatic carbocycles. The number of rotatable bonds is 5. The number of nitrogens with one attached hydrogen (secondary N) is 1. The summed E-state index contributed by atoms with van der Waals surface area (Å²) in [5, 5.41) is 3.83. The Morgan fingerprint density at radius 1 is 1.41 bits per heavy atom. The molecule has 17 heavy (non-hydrogen) atoms. The highest BCUT2D eigenvalue weighted by Crippen LogP contribution is 2.43. The van der Waals surface area contributed by atoms with E-state index in [0.29, 0.717) is 22.5 Å². The summed E-state index contributed by atoms with van der Waals surface area (Å²) >= 11 is 5.72. The smallest absolute Gasteiger partial charge is 0.129 e. The van der Waals surface area contributed by atoms with E-state index in [4.69, 9.17) is 11.6 Å². The Labute approximate surface area is 107 Å². The van der Waals surface area contributed by atoms with Gasteiger partial charge in [0, 0.05) is 23.7 Å². The molecule has 0 spiro atoms. The van der Waals surface area contributed by atoms with Crippen LogP contribution in [0.2, 0.25) is 5.02 Å². The summed E-state index contributed by atoms with van der Waals surface area (Å²) in [7, 11) is 0. The molecule has 0 atom stereocenters. The van der Waals surface area contributed by atoms with Crippen molar-refractivity contribution in [3.63, 3.8) is 0 Å². The normalized spacial score (nSPS) is 17.8. The second-order valence-electron chi connectivity index (χ2n) is 5.05. The average molecular weight is 256 g/mol. The summed E-state index contributed by atoms with van der Waals surface area (Å²) in [5.41, 5.74) is 1.17. The topological polar surface area (TPSA) is 12.0 Å². The van der Waals surface area contributed by atoms with Crippen molar-refractivity contribution in [3.8, 4) is 0 Å². The van der Waals surface area contributed by atoms with E-state index in [-0.39, 0.29) is 5.82 Å². The van der Waals surface area contributed by atoms with Crippen LogP contribution in [0.1, 0.15) is 38.2 Å². The lowest BCUT2D eigenvalue weighted by atomic mass is 9.67. The molecule has 2 rings (SSSR count). The monoisotopic (exact) mass is 255 g/mol. The summed E-state index contributed by atoms with van der Waals surface area (Å²) in [4.78, 5) is 0. The van der Waals surface area contributed by atoms with Gasteiger partial charge in [0.25, 0.3) is 0 Å². The molecule has 1 aliphatic rings. The van der Waals surface area contributed by atoms with Gasteiger partial charge >= 0.3 is 0 Å². The van der Waals surface area contributed by atoms with E-state index in [9.17, 15) is 4.39 Å². The van der Waals surface area contributed by atoms with Crippen LogP contribution < -0.4 is 5.32 Å². The quantitative estimate of drug-likeness (QED) is 0.834. The molecule has 3 heteroatoms. The molecule has 1 aromatic carbocycles. The second-order valence-corrected chi connectivity index (χ2v) is 5.48. The van der Waals surface area contributed by atoms with Gasteiger partial charge in [-0.3, -0.25) is 0 Å². The highest BCUT2D eigenvalue weighted by atomic mass is 35.5. The van der Waals surface area contributed by atoms with E-state index >= 15 is 0 Å². The summed E-state index contributed by atoms with van der Waals surface area (Å²) < 4.78 is 13.5. The van der Waals surface area contributed by atoms with Crippen LogP contribution in [0.15, 0.2) is 18.2 Å². The SMILES string of the molecule is CCC1(CNCc2ccc(Cl)cc2F)CCC1. The number of hydrogen-bond acceptors (Lipinski definition) is 1. The molecule has 0 saturated heterocycles. The van der Waals surface area contributed by atoms with Gasteiger partial charge in [0.15, 0.2) is 0 Å². The third kappa shape index (κ3) is 2.99. The Kier molecular flexibility index (Phi) is 4.05. The molecule has 0 amide bonds. The number of benzene rings is 1. The van der Waals surface area contributed by atoms with Crippen LogP contribution in [0.25, 0.3) is 0 Å². The van der Waals surface area contributed by atoms with Crippen molar-refractivity contribution < 1.29 is 4.39 Å². The van der Waals surface area contributed by atoms with Crippen LogP contribution in [0.5, 0.6) is 0 Å². The van der Waals surface area contributed by atoms with E-state index in [2.05, 4.69) is 12.2 Å². The predicted octanol–water partition coefficient (Wildman–Crippen LogP) is 4.15. The molecule has 1 saturated carbocycles. The minimum Gasteiger partial charge on any atom is -0.312 e. The molecule has 0 heterocycles. The zero-order chi connectivity index (χ0) is 12.3. The molecule has 1 N–H and O–H groups in total. The first-order valence-corrected chi connectivity index (χ1v) is 6.68. The Balaban J connectivity index is 1.85. The molecule has 0 aromatic heterocycles. The zero-order valence-corrected chi connectivity index (χ0v) is 11.0. The van der Waals surface area contributed by atoms with E-state index in [1.807, 2.05) is 0 Å². The van der Waals surface area contributed by atoms with E-state index < -0.39 is 0 Å². The minimum absolute atomic E-state index is 0.218. The fraction of sp³-hybridized carbons (Fsp3) is 0.571. The predicted molar refractivity (Wildman–Crippen MR) is 69.7 cm³/mol. The van der Waals surface area contributed by atoms with Crippen molar-refractivity contribution in [2.75, 3.05) is 6.54 Å². The van der Waals surface area contributed by atoms with Gasteiger partial charge in [-0.25, -0.2) is 4.39 Å². The molecule has 1 fully saturated rings. The minimum atomic E-state index is -0.218.